The Kier molecular flexibility index (Phi) is 8.36. The quantitative estimate of drug-likeness (QED) is 0.554. The average Bonchev–Trinajstić information content (AvgIpc) is 2.72. The Morgan fingerprint density at radius 1 is 1.10 bits per heavy atom. The average molecular weight is 483 g/mol. The van der Waals surface area contributed by atoms with Crippen LogP contribution in [0.25, 0.3) is 0 Å². The lowest BCUT2D eigenvalue weighted by Crippen LogP contribution is -2.31. The number of ether oxygens (including phenoxy) is 1. The number of hydrogen-bond donors (Lipinski definition) is 1. The van der Waals surface area contributed by atoms with Crippen molar-refractivity contribution >= 4 is 37.8 Å². The van der Waals surface area contributed by atoms with E-state index in [1.54, 1.807) is 19.2 Å². The molecule has 2 aromatic carbocycles. The number of likely N-dealkylation sites (N-methyl/N-ethyl adjacent to an activating group) is 1. The first-order chi connectivity index (χ1) is 13.7. The largest absolute Gasteiger partial charge is 0.456 e. The molecule has 0 saturated carbocycles. The van der Waals surface area contributed by atoms with Gasteiger partial charge in [0.05, 0.1) is 4.90 Å². The van der Waals surface area contributed by atoms with Gasteiger partial charge in [-0.15, -0.1) is 0 Å². The molecular formula is C20H23BrN2O5S. The van der Waals surface area contributed by atoms with E-state index in [-0.39, 0.29) is 23.8 Å². The molecule has 0 heterocycles. The summed E-state index contributed by atoms with van der Waals surface area (Å²) in [5.74, 6) is -0.782. The zero-order chi connectivity index (χ0) is 21.4. The van der Waals surface area contributed by atoms with Crippen molar-refractivity contribution in [2.45, 2.75) is 24.3 Å². The SMILES string of the molecule is CNS(=O)(=O)c1ccc(CCC(=O)OCC(=O)N(C)Cc2ccccc2Br)cc1. The van der Waals surface area contributed by atoms with E-state index in [0.717, 1.165) is 15.6 Å². The molecule has 2 aromatic rings. The van der Waals surface area contributed by atoms with E-state index < -0.39 is 16.0 Å². The van der Waals surface area contributed by atoms with E-state index in [2.05, 4.69) is 20.7 Å². The van der Waals surface area contributed by atoms with Gasteiger partial charge in [-0.1, -0.05) is 46.3 Å². The summed E-state index contributed by atoms with van der Waals surface area (Å²) in [6.07, 6.45) is 0.485. The van der Waals surface area contributed by atoms with Crippen LogP contribution in [0.3, 0.4) is 0 Å². The summed E-state index contributed by atoms with van der Waals surface area (Å²) in [5.41, 5.74) is 1.76. The maximum absolute atomic E-state index is 12.2. The summed E-state index contributed by atoms with van der Waals surface area (Å²) in [5, 5.41) is 0. The van der Waals surface area contributed by atoms with Gasteiger partial charge in [-0.25, -0.2) is 13.1 Å². The minimum absolute atomic E-state index is 0.0966. The van der Waals surface area contributed by atoms with Crippen LogP contribution in [0.4, 0.5) is 0 Å². The Morgan fingerprint density at radius 2 is 1.76 bits per heavy atom. The maximum atomic E-state index is 12.2. The van der Waals surface area contributed by atoms with Crippen LogP contribution in [0, 0.1) is 0 Å². The summed E-state index contributed by atoms with van der Waals surface area (Å²) in [7, 11) is -0.492. The Labute approximate surface area is 179 Å². The number of benzene rings is 2. The van der Waals surface area contributed by atoms with Gasteiger partial charge in [0.25, 0.3) is 5.91 Å². The van der Waals surface area contributed by atoms with Crippen LogP contribution < -0.4 is 4.72 Å². The maximum Gasteiger partial charge on any atom is 0.306 e. The van der Waals surface area contributed by atoms with E-state index in [1.807, 2.05) is 24.3 Å². The van der Waals surface area contributed by atoms with Crippen molar-refractivity contribution in [2.24, 2.45) is 0 Å². The molecule has 0 spiro atoms. The number of sulfonamides is 1. The number of carbonyl (C=O) groups excluding carboxylic acids is 2. The highest BCUT2D eigenvalue weighted by Crippen LogP contribution is 2.17. The van der Waals surface area contributed by atoms with Gasteiger partial charge >= 0.3 is 5.97 Å². The molecule has 1 amide bonds. The Morgan fingerprint density at radius 3 is 2.38 bits per heavy atom. The molecule has 0 atom stereocenters. The van der Waals surface area contributed by atoms with Gasteiger partial charge < -0.3 is 9.64 Å². The highest BCUT2D eigenvalue weighted by molar-refractivity contribution is 9.10. The number of esters is 1. The lowest BCUT2D eigenvalue weighted by Gasteiger charge is -2.18. The van der Waals surface area contributed by atoms with E-state index >= 15 is 0 Å². The molecule has 0 aromatic heterocycles. The number of carbonyl (C=O) groups is 2. The first kappa shape index (κ1) is 23.1. The topological polar surface area (TPSA) is 92.8 Å². The van der Waals surface area contributed by atoms with Crippen molar-refractivity contribution in [3.8, 4) is 0 Å². The van der Waals surface area contributed by atoms with Gasteiger partial charge in [-0.3, -0.25) is 9.59 Å². The second kappa shape index (κ2) is 10.5. The first-order valence-corrected chi connectivity index (χ1v) is 11.2. The highest BCUT2D eigenvalue weighted by Gasteiger charge is 2.14. The number of rotatable bonds is 9. The van der Waals surface area contributed by atoms with Crippen LogP contribution in [0.1, 0.15) is 17.5 Å². The van der Waals surface area contributed by atoms with Crippen LogP contribution in [0.5, 0.6) is 0 Å². The molecule has 0 saturated heterocycles. The predicted octanol–water partition coefficient (Wildman–Crippen LogP) is 2.49. The van der Waals surface area contributed by atoms with Gasteiger partial charge in [0.15, 0.2) is 6.61 Å². The van der Waals surface area contributed by atoms with Crippen LogP contribution in [0.15, 0.2) is 57.9 Å². The van der Waals surface area contributed by atoms with Crippen molar-refractivity contribution in [3.05, 3.63) is 64.1 Å². The smallest absolute Gasteiger partial charge is 0.306 e. The monoisotopic (exact) mass is 482 g/mol. The standard InChI is InChI=1S/C20H23BrN2O5S/c1-22-29(26,27)17-10-7-15(8-11-17)9-12-20(25)28-14-19(24)23(2)13-16-5-3-4-6-18(16)21/h3-8,10-11,22H,9,12-14H2,1-2H3. The van der Waals surface area contributed by atoms with Gasteiger partial charge in [0.1, 0.15) is 0 Å². The van der Waals surface area contributed by atoms with Crippen molar-refractivity contribution in [2.75, 3.05) is 20.7 Å². The molecule has 0 aliphatic carbocycles. The second-order valence-electron chi connectivity index (χ2n) is 6.35. The normalized spacial score (nSPS) is 11.1. The fraction of sp³-hybridized carbons (Fsp3) is 0.300. The number of nitrogens with one attached hydrogen (secondary N) is 1. The molecule has 0 radical (unpaired) electrons. The number of amides is 1. The molecule has 2 rings (SSSR count). The van der Waals surface area contributed by atoms with Crippen molar-refractivity contribution in [1.29, 1.82) is 0 Å². The molecule has 0 aliphatic rings. The van der Waals surface area contributed by atoms with Gasteiger partial charge in [0.2, 0.25) is 10.0 Å². The minimum Gasteiger partial charge on any atom is -0.456 e. The molecule has 156 valence electrons. The second-order valence-corrected chi connectivity index (χ2v) is 9.09. The number of aryl methyl sites for hydroxylation is 1. The van der Waals surface area contributed by atoms with Crippen molar-refractivity contribution in [1.82, 2.24) is 9.62 Å². The minimum atomic E-state index is -3.48. The van der Waals surface area contributed by atoms with Crippen molar-refractivity contribution in [3.63, 3.8) is 0 Å². The Hall–Kier alpha value is -2.23. The summed E-state index contributed by atoms with van der Waals surface area (Å²) in [4.78, 5) is 25.7. The number of nitrogens with zero attached hydrogens (tertiary/aromatic N) is 1. The van der Waals surface area contributed by atoms with Gasteiger partial charge in [-0.05, 0) is 42.8 Å². The van der Waals surface area contributed by atoms with Gasteiger partial charge in [-0.2, -0.15) is 0 Å². The summed E-state index contributed by atoms with van der Waals surface area (Å²) < 4.78 is 31.6. The summed E-state index contributed by atoms with van der Waals surface area (Å²) in [6.45, 7) is 0.0822. The van der Waals surface area contributed by atoms with Crippen molar-refractivity contribution < 1.29 is 22.7 Å². The van der Waals surface area contributed by atoms with Crippen LogP contribution in [-0.2, 0) is 37.3 Å². The zero-order valence-corrected chi connectivity index (χ0v) is 18.6. The predicted molar refractivity (Wildman–Crippen MR) is 113 cm³/mol. The molecule has 1 N–H and O–H groups in total. The van der Waals surface area contributed by atoms with Crippen LogP contribution >= 0.6 is 15.9 Å². The lowest BCUT2D eigenvalue weighted by molar-refractivity contribution is -0.151. The number of halogens is 1. The Balaban J connectivity index is 1.78. The number of hydrogen-bond acceptors (Lipinski definition) is 5. The third kappa shape index (κ3) is 6.95. The Bertz CT molecular complexity index is 961. The third-order valence-electron chi connectivity index (χ3n) is 4.27. The lowest BCUT2D eigenvalue weighted by atomic mass is 10.1. The first-order valence-electron chi connectivity index (χ1n) is 8.88. The highest BCUT2D eigenvalue weighted by atomic mass is 79.9. The molecule has 0 unspecified atom stereocenters. The summed E-state index contributed by atoms with van der Waals surface area (Å²) >= 11 is 3.44. The fourth-order valence-corrected chi connectivity index (χ4v) is 3.63. The van der Waals surface area contributed by atoms with Crippen LogP contribution in [-0.4, -0.2) is 45.9 Å². The van der Waals surface area contributed by atoms with Gasteiger partial charge in [0, 0.05) is 24.5 Å². The molecule has 9 heteroatoms. The molecule has 0 aliphatic heterocycles. The van der Waals surface area contributed by atoms with E-state index in [4.69, 9.17) is 4.74 Å². The van der Waals surface area contributed by atoms with Crippen LogP contribution in [0.2, 0.25) is 0 Å². The fourth-order valence-electron chi connectivity index (χ4n) is 2.49. The molecular weight excluding hydrogens is 460 g/mol. The molecule has 0 fully saturated rings. The zero-order valence-electron chi connectivity index (χ0n) is 16.2. The molecule has 29 heavy (non-hydrogen) atoms. The molecule has 7 nitrogen and oxygen atoms in total. The van der Waals surface area contributed by atoms with E-state index in [1.165, 1.54) is 24.1 Å². The third-order valence-corrected chi connectivity index (χ3v) is 6.47. The molecule has 0 bridgehead atoms. The summed E-state index contributed by atoms with van der Waals surface area (Å²) in [6, 6.07) is 13.8. The van der Waals surface area contributed by atoms with E-state index in [0.29, 0.717) is 13.0 Å². The van der Waals surface area contributed by atoms with E-state index in [9.17, 15) is 18.0 Å².